The van der Waals surface area contributed by atoms with Crippen molar-refractivity contribution in [2.45, 2.75) is 85.5 Å². The second-order valence-electron chi connectivity index (χ2n) is 10.4. The highest BCUT2D eigenvalue weighted by atomic mass is 16.6. The zero-order valence-electron chi connectivity index (χ0n) is 20.4. The minimum absolute atomic E-state index is 0.128. The summed E-state index contributed by atoms with van der Waals surface area (Å²) in [7, 11) is 0. The molecule has 0 aromatic heterocycles. The molecule has 0 aliphatic rings. The van der Waals surface area contributed by atoms with Crippen LogP contribution in [0.25, 0.3) is 0 Å². The number of aliphatic hydroxyl groups is 1. The van der Waals surface area contributed by atoms with Crippen LogP contribution in [0.5, 0.6) is 0 Å². The Morgan fingerprint density at radius 3 is 2.10 bits per heavy atom. The zero-order chi connectivity index (χ0) is 23.8. The topological polar surface area (TPSA) is 82.1 Å². The third kappa shape index (κ3) is 10.5. The summed E-state index contributed by atoms with van der Waals surface area (Å²) in [5.74, 6) is 0.128. The molecule has 0 bridgehead atoms. The molecule has 7 nitrogen and oxygen atoms in total. The van der Waals surface area contributed by atoms with Crippen molar-refractivity contribution in [2.75, 3.05) is 13.1 Å². The first-order valence-corrected chi connectivity index (χ1v) is 11.0. The van der Waals surface area contributed by atoms with Gasteiger partial charge < -0.3 is 14.7 Å². The van der Waals surface area contributed by atoms with E-state index < -0.39 is 23.3 Å². The van der Waals surface area contributed by atoms with E-state index in [0.29, 0.717) is 13.0 Å². The van der Waals surface area contributed by atoms with Crippen molar-refractivity contribution in [3.63, 3.8) is 0 Å². The molecule has 0 unspecified atom stereocenters. The standard InChI is InChI=1S/C24H41N3O4/c1-18(2)16-27(25-21(29)31-24(6,7)8)22(30)26(23(3,4)5)17-20(28)15-14-19-12-10-9-11-13-19/h9-13,18,20,28H,14-17H2,1-8H3,(H,25,29)/t20-/m1/s1. The molecule has 2 N–H and O–H groups in total. The van der Waals surface area contributed by atoms with E-state index in [-0.39, 0.29) is 18.5 Å². The highest BCUT2D eigenvalue weighted by molar-refractivity contribution is 5.78. The van der Waals surface area contributed by atoms with Gasteiger partial charge in [-0.2, -0.15) is 0 Å². The van der Waals surface area contributed by atoms with Gasteiger partial charge in [-0.1, -0.05) is 44.2 Å². The van der Waals surface area contributed by atoms with E-state index >= 15 is 0 Å². The van der Waals surface area contributed by atoms with Crippen LogP contribution < -0.4 is 5.43 Å². The van der Waals surface area contributed by atoms with Crippen LogP contribution in [0.1, 0.15) is 67.4 Å². The van der Waals surface area contributed by atoms with Gasteiger partial charge in [0.25, 0.3) is 0 Å². The monoisotopic (exact) mass is 435 g/mol. The summed E-state index contributed by atoms with van der Waals surface area (Å²) >= 11 is 0. The van der Waals surface area contributed by atoms with E-state index in [1.807, 2.05) is 65.0 Å². The molecule has 0 saturated carbocycles. The molecule has 31 heavy (non-hydrogen) atoms. The van der Waals surface area contributed by atoms with Gasteiger partial charge in [0.1, 0.15) is 5.60 Å². The average molecular weight is 436 g/mol. The number of hydrogen-bond acceptors (Lipinski definition) is 4. The summed E-state index contributed by atoms with van der Waals surface area (Å²) < 4.78 is 5.32. The number of aliphatic hydroxyl groups excluding tert-OH is 1. The predicted octanol–water partition coefficient (Wildman–Crippen LogP) is 4.60. The molecular weight excluding hydrogens is 394 g/mol. The number of benzene rings is 1. The number of ether oxygens (including phenoxy) is 1. The van der Waals surface area contributed by atoms with Crippen molar-refractivity contribution >= 4 is 12.1 Å². The third-order valence-corrected chi connectivity index (χ3v) is 4.45. The normalized spacial score (nSPS) is 13.0. The zero-order valence-corrected chi connectivity index (χ0v) is 20.4. The summed E-state index contributed by atoms with van der Waals surface area (Å²) in [6.07, 6.45) is -0.112. The van der Waals surface area contributed by atoms with E-state index in [2.05, 4.69) is 5.43 Å². The number of hydrazine groups is 1. The van der Waals surface area contributed by atoms with Gasteiger partial charge in [0, 0.05) is 18.6 Å². The number of amides is 3. The Morgan fingerprint density at radius 1 is 1.03 bits per heavy atom. The highest BCUT2D eigenvalue weighted by Crippen LogP contribution is 2.18. The number of aryl methyl sites for hydroxylation is 1. The summed E-state index contributed by atoms with van der Waals surface area (Å²) in [6, 6.07) is 9.58. The molecule has 0 aliphatic carbocycles. The summed E-state index contributed by atoms with van der Waals surface area (Å²) in [4.78, 5) is 27.3. The van der Waals surface area contributed by atoms with Gasteiger partial charge in [0.2, 0.25) is 0 Å². The molecule has 1 atom stereocenters. The lowest BCUT2D eigenvalue weighted by Crippen LogP contribution is -2.59. The fourth-order valence-electron chi connectivity index (χ4n) is 3.01. The van der Waals surface area contributed by atoms with Crippen LogP contribution >= 0.6 is 0 Å². The Hall–Kier alpha value is -2.28. The molecule has 0 fully saturated rings. The number of nitrogens with zero attached hydrogens (tertiary/aromatic N) is 2. The van der Waals surface area contributed by atoms with E-state index in [4.69, 9.17) is 4.74 Å². The minimum Gasteiger partial charge on any atom is -0.443 e. The Bertz CT molecular complexity index is 693. The number of rotatable bonds is 7. The average Bonchev–Trinajstić information content (AvgIpc) is 2.61. The quantitative estimate of drug-likeness (QED) is 0.613. The number of urea groups is 1. The van der Waals surface area contributed by atoms with Crippen LogP contribution in [0, 0.1) is 5.92 Å². The molecule has 0 radical (unpaired) electrons. The van der Waals surface area contributed by atoms with Crippen LogP contribution in [0.2, 0.25) is 0 Å². The number of β-amino-alcohol motifs (C(OH)–C–C–N with tert-alkyl or cyclic N) is 1. The Kier molecular flexibility index (Phi) is 9.81. The molecule has 7 heteroatoms. The van der Waals surface area contributed by atoms with E-state index in [1.54, 1.807) is 25.7 Å². The van der Waals surface area contributed by atoms with Gasteiger partial charge in [0.05, 0.1) is 6.10 Å². The van der Waals surface area contributed by atoms with Crippen LogP contribution in [-0.4, -0.2) is 57.5 Å². The third-order valence-electron chi connectivity index (χ3n) is 4.45. The maximum atomic E-state index is 13.4. The van der Waals surface area contributed by atoms with Gasteiger partial charge in [-0.3, -0.25) is 0 Å². The first-order valence-electron chi connectivity index (χ1n) is 11.0. The molecule has 1 rings (SSSR count). The van der Waals surface area contributed by atoms with Crippen molar-refractivity contribution in [3.05, 3.63) is 35.9 Å². The number of carbonyl (C=O) groups is 2. The SMILES string of the molecule is CC(C)CN(NC(=O)OC(C)(C)C)C(=O)N(C[C@H](O)CCc1ccccc1)C(C)(C)C. The molecule has 1 aromatic carbocycles. The van der Waals surface area contributed by atoms with Crippen molar-refractivity contribution in [1.29, 1.82) is 0 Å². The van der Waals surface area contributed by atoms with Crippen LogP contribution in [-0.2, 0) is 11.2 Å². The molecule has 176 valence electrons. The lowest BCUT2D eigenvalue weighted by Gasteiger charge is -2.40. The van der Waals surface area contributed by atoms with Crippen LogP contribution in [0.15, 0.2) is 30.3 Å². The number of nitrogens with one attached hydrogen (secondary N) is 1. The second kappa shape index (κ2) is 11.4. The van der Waals surface area contributed by atoms with Gasteiger partial charge in [-0.15, -0.1) is 0 Å². The fraction of sp³-hybridized carbons (Fsp3) is 0.667. The first-order chi connectivity index (χ1) is 14.2. The Labute approximate surface area is 187 Å². The fourth-order valence-corrected chi connectivity index (χ4v) is 3.01. The molecule has 0 heterocycles. The van der Waals surface area contributed by atoms with Gasteiger partial charge >= 0.3 is 12.1 Å². The van der Waals surface area contributed by atoms with Gasteiger partial charge in [0.15, 0.2) is 0 Å². The van der Waals surface area contributed by atoms with Gasteiger partial charge in [-0.25, -0.2) is 20.0 Å². The van der Waals surface area contributed by atoms with Crippen molar-refractivity contribution in [2.24, 2.45) is 5.92 Å². The Balaban J connectivity index is 2.91. The highest BCUT2D eigenvalue weighted by Gasteiger charge is 2.33. The smallest absolute Gasteiger partial charge is 0.426 e. The van der Waals surface area contributed by atoms with Crippen molar-refractivity contribution in [3.8, 4) is 0 Å². The lowest BCUT2D eigenvalue weighted by molar-refractivity contribution is 0.0226. The maximum absolute atomic E-state index is 13.4. The minimum atomic E-state index is -0.689. The Morgan fingerprint density at radius 2 is 1.61 bits per heavy atom. The first kappa shape index (κ1) is 26.8. The molecule has 0 aliphatic heterocycles. The molecule has 3 amide bonds. The summed E-state index contributed by atoms with van der Waals surface area (Å²) in [5.41, 5.74) is 2.51. The lowest BCUT2D eigenvalue weighted by atomic mass is 10.0. The molecule has 1 aromatic rings. The predicted molar refractivity (Wildman–Crippen MR) is 124 cm³/mol. The summed E-state index contributed by atoms with van der Waals surface area (Å²) in [6.45, 7) is 15.5. The molecular formula is C24H41N3O4. The van der Waals surface area contributed by atoms with E-state index in [1.165, 1.54) is 5.01 Å². The number of carbonyl (C=O) groups excluding carboxylic acids is 2. The largest absolute Gasteiger partial charge is 0.443 e. The summed E-state index contributed by atoms with van der Waals surface area (Å²) in [5, 5.41) is 12.0. The van der Waals surface area contributed by atoms with Crippen molar-refractivity contribution < 1.29 is 19.4 Å². The maximum Gasteiger partial charge on any atom is 0.426 e. The van der Waals surface area contributed by atoms with E-state index in [0.717, 1.165) is 12.0 Å². The number of hydrogen-bond donors (Lipinski definition) is 2. The van der Waals surface area contributed by atoms with Crippen LogP contribution in [0.3, 0.4) is 0 Å². The van der Waals surface area contributed by atoms with Gasteiger partial charge in [-0.05, 0) is 65.9 Å². The molecule has 0 spiro atoms. The molecule has 0 saturated heterocycles. The second-order valence-corrected chi connectivity index (χ2v) is 10.4. The van der Waals surface area contributed by atoms with Crippen LogP contribution in [0.4, 0.5) is 9.59 Å². The van der Waals surface area contributed by atoms with Crippen molar-refractivity contribution in [1.82, 2.24) is 15.3 Å². The van der Waals surface area contributed by atoms with E-state index in [9.17, 15) is 14.7 Å².